The smallest absolute Gasteiger partial charge is 0.375 e. The molecule has 0 saturated heterocycles. The van der Waals surface area contributed by atoms with Crippen LogP contribution in [0.4, 0.5) is 27.8 Å². The summed E-state index contributed by atoms with van der Waals surface area (Å²) in [7, 11) is 1.45. The molecule has 0 spiro atoms. The molecule has 3 rings (SSSR count). The molecular weight excluding hydrogens is 479 g/mol. The lowest BCUT2D eigenvalue weighted by atomic mass is 10.0. The minimum atomic E-state index is -5.42. The van der Waals surface area contributed by atoms with Crippen LogP contribution in [0.25, 0.3) is 11.5 Å². The van der Waals surface area contributed by atoms with Crippen molar-refractivity contribution in [2.24, 2.45) is 5.73 Å². The van der Waals surface area contributed by atoms with Gasteiger partial charge in [0, 0.05) is 12.7 Å². The average molecular weight is 500 g/mol. The van der Waals surface area contributed by atoms with Gasteiger partial charge in [-0.25, -0.2) is 18.7 Å². The maximum absolute atomic E-state index is 14.2. The normalized spacial score (nSPS) is 14.4. The molecule has 0 aliphatic rings. The molecule has 1 amide bonds. The number of hydrogen-bond donors (Lipinski definition) is 3. The van der Waals surface area contributed by atoms with Crippen molar-refractivity contribution in [2.45, 2.75) is 31.3 Å². The number of aromatic nitrogens is 4. The Hall–Kier alpha value is -3.65. The van der Waals surface area contributed by atoms with E-state index in [1.807, 2.05) is 5.32 Å². The zero-order valence-electron chi connectivity index (χ0n) is 18.5. The zero-order chi connectivity index (χ0) is 26.0. The highest BCUT2D eigenvalue weighted by Crippen LogP contribution is 2.31. The molecule has 35 heavy (non-hydrogen) atoms. The van der Waals surface area contributed by atoms with Gasteiger partial charge in [-0.05, 0) is 19.1 Å². The summed E-state index contributed by atoms with van der Waals surface area (Å²) in [6, 6.07) is 7.54. The number of ether oxygens (including phenoxy) is 1. The first-order chi connectivity index (χ1) is 16.4. The molecule has 3 aromatic rings. The molecule has 0 aliphatic carbocycles. The van der Waals surface area contributed by atoms with E-state index in [0.29, 0.717) is 17.5 Å². The van der Waals surface area contributed by atoms with Crippen molar-refractivity contribution in [3.05, 3.63) is 59.4 Å². The number of halogens is 5. The molecule has 0 radical (unpaired) electrons. The number of amides is 1. The van der Waals surface area contributed by atoms with Gasteiger partial charge in [-0.3, -0.25) is 9.48 Å². The van der Waals surface area contributed by atoms with E-state index in [4.69, 9.17) is 4.74 Å². The van der Waals surface area contributed by atoms with E-state index in [2.05, 4.69) is 20.8 Å². The lowest BCUT2D eigenvalue weighted by Crippen LogP contribution is -2.59. The third-order valence-corrected chi connectivity index (χ3v) is 5.22. The second-order valence-electron chi connectivity index (χ2n) is 7.55. The Morgan fingerprint density at radius 3 is 2.54 bits per heavy atom. The van der Waals surface area contributed by atoms with Crippen LogP contribution in [0.5, 0.6) is 0 Å². The van der Waals surface area contributed by atoms with Gasteiger partial charge in [-0.15, -0.1) is 0 Å². The number of hydrogen-bond acceptors (Lipinski definition) is 7. The van der Waals surface area contributed by atoms with Crippen molar-refractivity contribution in [2.75, 3.05) is 19.0 Å². The maximum atomic E-state index is 14.2. The number of alkyl halides is 3. The summed E-state index contributed by atoms with van der Waals surface area (Å²) < 4.78 is 74.4. The predicted molar refractivity (Wildman–Crippen MR) is 113 cm³/mol. The lowest BCUT2D eigenvalue weighted by molar-refractivity contribution is -0.245. The number of nitrogens with zero attached hydrogens (tertiary/aromatic N) is 4. The second-order valence-corrected chi connectivity index (χ2v) is 7.55. The highest BCUT2D eigenvalue weighted by molar-refractivity contribution is 5.85. The van der Waals surface area contributed by atoms with E-state index in [-0.39, 0.29) is 18.1 Å². The van der Waals surface area contributed by atoms with Gasteiger partial charge in [0.25, 0.3) is 11.5 Å². The van der Waals surface area contributed by atoms with Gasteiger partial charge in [0.05, 0.1) is 31.1 Å². The Morgan fingerprint density at radius 1 is 1.26 bits per heavy atom. The number of benzene rings is 1. The van der Waals surface area contributed by atoms with Crippen LogP contribution < -0.4 is 11.1 Å². The molecule has 2 unspecified atom stereocenters. The van der Waals surface area contributed by atoms with E-state index in [1.54, 1.807) is 19.1 Å². The van der Waals surface area contributed by atoms with E-state index >= 15 is 0 Å². The minimum absolute atomic E-state index is 0.0131. The third-order valence-electron chi connectivity index (χ3n) is 5.22. The van der Waals surface area contributed by atoms with E-state index in [1.165, 1.54) is 30.0 Å². The molecule has 4 N–H and O–H groups in total. The zero-order valence-corrected chi connectivity index (χ0v) is 18.5. The van der Waals surface area contributed by atoms with E-state index < -0.39 is 47.8 Å². The van der Waals surface area contributed by atoms with Crippen LogP contribution in [0.3, 0.4) is 0 Å². The molecule has 14 heteroatoms. The number of anilines is 1. The maximum Gasteiger partial charge on any atom is 0.428 e. The van der Waals surface area contributed by atoms with E-state index in [0.717, 1.165) is 0 Å². The molecule has 188 valence electrons. The standard InChI is InChI=1S/C21H21F5N6O3/c1-11(35-2)16-7-15(31-32(16)9-12-5-3-4-6-13(12)22)18-28-8-14(23)17(30-18)29-10-20(34,19(27)33)21(24,25)26/h3-8,11,34H,9-10H2,1-2H3,(H2,27,33)(H,28,29,30). The Kier molecular flexibility index (Phi) is 7.36. The van der Waals surface area contributed by atoms with Gasteiger partial charge >= 0.3 is 6.18 Å². The van der Waals surface area contributed by atoms with Gasteiger partial charge < -0.3 is 20.9 Å². The summed E-state index contributed by atoms with van der Waals surface area (Å²) >= 11 is 0. The van der Waals surface area contributed by atoms with Gasteiger partial charge in [-0.1, -0.05) is 18.2 Å². The molecule has 0 saturated carbocycles. The predicted octanol–water partition coefficient (Wildman–Crippen LogP) is 2.56. The minimum Gasteiger partial charge on any atom is -0.375 e. The molecule has 2 aromatic heterocycles. The van der Waals surface area contributed by atoms with Gasteiger partial charge in [-0.2, -0.15) is 18.3 Å². The summed E-state index contributed by atoms with van der Waals surface area (Å²) in [5.74, 6) is -4.61. The summed E-state index contributed by atoms with van der Waals surface area (Å²) in [5.41, 5.74) is 1.63. The van der Waals surface area contributed by atoms with Crippen LogP contribution in [0.1, 0.15) is 24.3 Å². The highest BCUT2D eigenvalue weighted by atomic mass is 19.4. The van der Waals surface area contributed by atoms with Crippen molar-refractivity contribution in [1.82, 2.24) is 19.7 Å². The fraction of sp³-hybridized carbons (Fsp3) is 0.333. The van der Waals surface area contributed by atoms with Crippen LogP contribution in [-0.2, 0) is 16.1 Å². The van der Waals surface area contributed by atoms with Crippen molar-refractivity contribution in [3.63, 3.8) is 0 Å². The molecule has 0 fully saturated rings. The fourth-order valence-corrected chi connectivity index (χ4v) is 3.06. The van der Waals surface area contributed by atoms with Crippen LogP contribution in [0, 0.1) is 11.6 Å². The van der Waals surface area contributed by atoms with Crippen LogP contribution in [0.2, 0.25) is 0 Å². The monoisotopic (exact) mass is 500 g/mol. The number of carbonyl (C=O) groups is 1. The largest absolute Gasteiger partial charge is 0.428 e. The van der Waals surface area contributed by atoms with Crippen molar-refractivity contribution in [1.29, 1.82) is 0 Å². The Bertz CT molecular complexity index is 1220. The number of primary amides is 1. The molecular formula is C21H21F5N6O3. The SMILES string of the molecule is COC(C)c1cc(-c2ncc(F)c(NCC(O)(C(N)=O)C(F)(F)F)n2)nn1Cc1ccccc1F. The molecule has 2 atom stereocenters. The average Bonchev–Trinajstić information content (AvgIpc) is 3.22. The van der Waals surface area contributed by atoms with Gasteiger partial charge in [0.1, 0.15) is 11.5 Å². The molecule has 1 aromatic carbocycles. The second kappa shape index (κ2) is 9.92. The molecule has 0 aliphatic heterocycles. The fourth-order valence-electron chi connectivity index (χ4n) is 3.06. The number of nitrogens with two attached hydrogens (primary N) is 1. The summed E-state index contributed by atoms with van der Waals surface area (Å²) in [5, 5.41) is 15.9. The first-order valence-corrected chi connectivity index (χ1v) is 10.1. The molecule has 0 bridgehead atoms. The summed E-state index contributed by atoms with van der Waals surface area (Å²) in [4.78, 5) is 18.8. The number of methoxy groups -OCH3 is 1. The number of aliphatic hydroxyl groups is 1. The number of nitrogens with one attached hydrogen (secondary N) is 1. The van der Waals surface area contributed by atoms with Crippen LogP contribution in [-0.4, -0.2) is 56.2 Å². The van der Waals surface area contributed by atoms with Gasteiger partial charge in [0.2, 0.25) is 0 Å². The summed E-state index contributed by atoms with van der Waals surface area (Å²) in [6.07, 6.45) is -5.25. The third kappa shape index (κ3) is 5.38. The Morgan fingerprint density at radius 2 is 1.94 bits per heavy atom. The first kappa shape index (κ1) is 26.0. The van der Waals surface area contributed by atoms with Crippen molar-refractivity contribution in [3.8, 4) is 11.5 Å². The first-order valence-electron chi connectivity index (χ1n) is 10.1. The molecule has 2 heterocycles. The van der Waals surface area contributed by atoms with E-state index in [9.17, 15) is 31.9 Å². The molecule has 9 nitrogen and oxygen atoms in total. The lowest BCUT2D eigenvalue weighted by Gasteiger charge is -2.27. The number of rotatable bonds is 9. The van der Waals surface area contributed by atoms with Crippen LogP contribution >= 0.6 is 0 Å². The topological polar surface area (TPSA) is 128 Å². The Balaban J connectivity index is 1.95. The van der Waals surface area contributed by atoms with Crippen molar-refractivity contribution < 1.29 is 36.6 Å². The number of carbonyl (C=O) groups excluding carboxylic acids is 1. The van der Waals surface area contributed by atoms with Crippen molar-refractivity contribution >= 4 is 11.7 Å². The Labute approximate surface area is 195 Å². The highest BCUT2D eigenvalue weighted by Gasteiger charge is 2.58. The van der Waals surface area contributed by atoms with Gasteiger partial charge in [0.15, 0.2) is 17.5 Å². The quantitative estimate of drug-likeness (QED) is 0.385. The van der Waals surface area contributed by atoms with Crippen LogP contribution in [0.15, 0.2) is 36.5 Å². The summed E-state index contributed by atoms with van der Waals surface area (Å²) in [6.45, 7) is 0.227.